The van der Waals surface area contributed by atoms with Crippen LogP contribution < -0.4 is 9.64 Å². The third-order valence-corrected chi connectivity index (χ3v) is 3.82. The van der Waals surface area contributed by atoms with Crippen molar-refractivity contribution in [3.63, 3.8) is 0 Å². The van der Waals surface area contributed by atoms with E-state index in [1.807, 2.05) is 0 Å². The second kappa shape index (κ2) is 5.67. The Bertz CT molecular complexity index is 386. The molecule has 2 heterocycles. The molecule has 0 aliphatic carbocycles. The van der Waals surface area contributed by atoms with Gasteiger partial charge < -0.3 is 9.64 Å². The van der Waals surface area contributed by atoms with E-state index in [2.05, 4.69) is 37.7 Å². The van der Waals surface area contributed by atoms with E-state index in [9.17, 15) is 0 Å². The SMILES string of the molecule is CCC1CCCN(c2ncc(Br)c(OC)n2)C1. The van der Waals surface area contributed by atoms with Crippen LogP contribution in [0.5, 0.6) is 5.88 Å². The minimum atomic E-state index is 0.605. The number of ether oxygens (including phenoxy) is 1. The summed E-state index contributed by atoms with van der Waals surface area (Å²) in [7, 11) is 1.63. The molecule has 1 aliphatic heterocycles. The summed E-state index contributed by atoms with van der Waals surface area (Å²) < 4.78 is 6.00. The molecule has 1 aliphatic rings. The number of methoxy groups -OCH3 is 1. The van der Waals surface area contributed by atoms with Gasteiger partial charge in [-0.3, -0.25) is 0 Å². The Kier molecular flexibility index (Phi) is 4.20. The maximum Gasteiger partial charge on any atom is 0.232 e. The molecule has 0 bridgehead atoms. The van der Waals surface area contributed by atoms with Gasteiger partial charge in [0.05, 0.1) is 17.8 Å². The molecule has 17 heavy (non-hydrogen) atoms. The highest BCUT2D eigenvalue weighted by Crippen LogP contribution is 2.26. The molecule has 2 rings (SSSR count). The smallest absolute Gasteiger partial charge is 0.232 e. The average molecular weight is 300 g/mol. The van der Waals surface area contributed by atoms with Gasteiger partial charge in [0.1, 0.15) is 0 Å². The van der Waals surface area contributed by atoms with Gasteiger partial charge >= 0.3 is 0 Å². The van der Waals surface area contributed by atoms with Gasteiger partial charge in [-0.25, -0.2) is 4.98 Å². The minimum Gasteiger partial charge on any atom is -0.480 e. The summed E-state index contributed by atoms with van der Waals surface area (Å²) in [6.07, 6.45) is 5.53. The Morgan fingerprint density at radius 1 is 1.59 bits per heavy atom. The maximum atomic E-state index is 5.20. The zero-order valence-corrected chi connectivity index (χ0v) is 11.9. The Morgan fingerprint density at radius 3 is 3.12 bits per heavy atom. The summed E-state index contributed by atoms with van der Waals surface area (Å²) in [5.74, 6) is 2.15. The molecule has 1 unspecified atom stereocenters. The molecule has 94 valence electrons. The topological polar surface area (TPSA) is 38.2 Å². The number of hydrogen-bond acceptors (Lipinski definition) is 4. The molecule has 0 radical (unpaired) electrons. The Labute approximate surface area is 111 Å². The summed E-state index contributed by atoms with van der Waals surface area (Å²) >= 11 is 3.37. The van der Waals surface area contributed by atoms with Crippen LogP contribution in [0.2, 0.25) is 0 Å². The van der Waals surface area contributed by atoms with E-state index in [4.69, 9.17) is 4.74 Å². The Morgan fingerprint density at radius 2 is 2.41 bits per heavy atom. The second-order valence-electron chi connectivity index (χ2n) is 4.39. The van der Waals surface area contributed by atoms with Crippen molar-refractivity contribution in [2.45, 2.75) is 26.2 Å². The van der Waals surface area contributed by atoms with E-state index in [-0.39, 0.29) is 0 Å². The quantitative estimate of drug-likeness (QED) is 0.860. The first-order valence-corrected chi connectivity index (χ1v) is 6.85. The predicted molar refractivity (Wildman–Crippen MR) is 71.5 cm³/mol. The standard InChI is InChI=1S/C12H18BrN3O/c1-3-9-5-4-6-16(8-9)12-14-7-10(13)11(15-12)17-2/h7,9H,3-6,8H2,1-2H3. The van der Waals surface area contributed by atoms with Gasteiger partial charge in [0, 0.05) is 13.1 Å². The highest BCUT2D eigenvalue weighted by Gasteiger charge is 2.21. The van der Waals surface area contributed by atoms with Crippen LogP contribution in [0.1, 0.15) is 26.2 Å². The molecule has 5 heteroatoms. The molecule has 0 spiro atoms. The van der Waals surface area contributed by atoms with Crippen molar-refractivity contribution in [3.05, 3.63) is 10.7 Å². The molecule has 1 atom stereocenters. The first kappa shape index (κ1) is 12.6. The van der Waals surface area contributed by atoms with Crippen molar-refractivity contribution >= 4 is 21.9 Å². The van der Waals surface area contributed by atoms with Crippen molar-refractivity contribution in [3.8, 4) is 5.88 Å². The molecule has 1 aromatic heterocycles. The van der Waals surface area contributed by atoms with E-state index in [1.54, 1.807) is 13.3 Å². The highest BCUT2D eigenvalue weighted by molar-refractivity contribution is 9.10. The lowest BCUT2D eigenvalue weighted by atomic mass is 9.96. The molecule has 0 aromatic carbocycles. The lowest BCUT2D eigenvalue weighted by molar-refractivity contribution is 0.384. The van der Waals surface area contributed by atoms with Gasteiger partial charge in [0.2, 0.25) is 11.8 Å². The summed E-state index contributed by atoms with van der Waals surface area (Å²) in [5.41, 5.74) is 0. The monoisotopic (exact) mass is 299 g/mol. The van der Waals surface area contributed by atoms with Gasteiger partial charge in [0.25, 0.3) is 0 Å². The third-order valence-electron chi connectivity index (χ3n) is 3.27. The molecule has 1 aromatic rings. The molecule has 4 nitrogen and oxygen atoms in total. The van der Waals surface area contributed by atoms with Gasteiger partial charge in [-0.2, -0.15) is 4.98 Å². The fourth-order valence-corrected chi connectivity index (χ4v) is 2.57. The number of rotatable bonds is 3. The van der Waals surface area contributed by atoms with Gasteiger partial charge in [-0.1, -0.05) is 13.3 Å². The first-order chi connectivity index (χ1) is 8.24. The fraction of sp³-hybridized carbons (Fsp3) is 0.667. The van der Waals surface area contributed by atoms with Crippen LogP contribution in [-0.4, -0.2) is 30.2 Å². The number of halogens is 1. The van der Waals surface area contributed by atoms with Crippen molar-refractivity contribution in [2.24, 2.45) is 5.92 Å². The third kappa shape index (κ3) is 2.89. The van der Waals surface area contributed by atoms with E-state index in [0.717, 1.165) is 29.4 Å². The number of hydrogen-bond donors (Lipinski definition) is 0. The summed E-state index contributed by atoms with van der Waals surface area (Å²) in [6, 6.07) is 0. The van der Waals surface area contributed by atoms with Crippen LogP contribution in [0.3, 0.4) is 0 Å². The highest BCUT2D eigenvalue weighted by atomic mass is 79.9. The van der Waals surface area contributed by atoms with E-state index in [0.29, 0.717) is 5.88 Å². The zero-order valence-electron chi connectivity index (χ0n) is 10.3. The lowest BCUT2D eigenvalue weighted by Crippen LogP contribution is -2.36. The van der Waals surface area contributed by atoms with Gasteiger partial charge in [0.15, 0.2) is 0 Å². The maximum absolute atomic E-state index is 5.20. The largest absolute Gasteiger partial charge is 0.480 e. The number of nitrogens with zero attached hydrogens (tertiary/aromatic N) is 3. The summed E-state index contributed by atoms with van der Waals surface area (Å²) in [4.78, 5) is 11.1. The molecule has 1 saturated heterocycles. The molecule has 0 N–H and O–H groups in total. The lowest BCUT2D eigenvalue weighted by Gasteiger charge is -2.32. The van der Waals surface area contributed by atoms with Crippen LogP contribution in [0, 0.1) is 5.92 Å². The zero-order chi connectivity index (χ0) is 12.3. The Balaban J connectivity index is 2.16. The van der Waals surface area contributed by atoms with Crippen molar-refractivity contribution in [1.82, 2.24) is 9.97 Å². The number of piperidine rings is 1. The second-order valence-corrected chi connectivity index (χ2v) is 5.24. The van der Waals surface area contributed by atoms with Crippen molar-refractivity contribution in [2.75, 3.05) is 25.1 Å². The minimum absolute atomic E-state index is 0.605. The van der Waals surface area contributed by atoms with E-state index in [1.165, 1.54) is 19.3 Å². The molecule has 1 fully saturated rings. The Hall–Kier alpha value is -0.840. The normalized spacial score (nSPS) is 20.4. The molecular weight excluding hydrogens is 282 g/mol. The van der Waals surface area contributed by atoms with Gasteiger partial charge in [-0.15, -0.1) is 0 Å². The number of aromatic nitrogens is 2. The van der Waals surface area contributed by atoms with Crippen molar-refractivity contribution < 1.29 is 4.74 Å². The van der Waals surface area contributed by atoms with Crippen LogP contribution in [-0.2, 0) is 0 Å². The molecule has 0 saturated carbocycles. The van der Waals surface area contributed by atoms with Crippen LogP contribution in [0.4, 0.5) is 5.95 Å². The predicted octanol–water partition coefficient (Wildman–Crippen LogP) is 2.87. The summed E-state index contributed by atoms with van der Waals surface area (Å²) in [6.45, 7) is 4.35. The van der Waals surface area contributed by atoms with Crippen LogP contribution in [0.25, 0.3) is 0 Å². The summed E-state index contributed by atoms with van der Waals surface area (Å²) in [5, 5.41) is 0. The van der Waals surface area contributed by atoms with Gasteiger partial charge in [-0.05, 0) is 34.7 Å². The van der Waals surface area contributed by atoms with Crippen molar-refractivity contribution in [1.29, 1.82) is 0 Å². The first-order valence-electron chi connectivity index (χ1n) is 6.06. The fourth-order valence-electron chi connectivity index (χ4n) is 2.22. The van der Waals surface area contributed by atoms with E-state index >= 15 is 0 Å². The average Bonchev–Trinajstić information content (AvgIpc) is 2.39. The van der Waals surface area contributed by atoms with E-state index < -0.39 is 0 Å². The number of anilines is 1. The molecule has 0 amide bonds. The van der Waals surface area contributed by atoms with Crippen LogP contribution in [0.15, 0.2) is 10.7 Å². The molecular formula is C12H18BrN3O. The van der Waals surface area contributed by atoms with Crippen LogP contribution >= 0.6 is 15.9 Å².